The first-order chi connectivity index (χ1) is 9.61. The summed E-state index contributed by atoms with van der Waals surface area (Å²) >= 11 is 0. The van der Waals surface area contributed by atoms with E-state index in [9.17, 15) is 9.59 Å². The quantitative estimate of drug-likeness (QED) is 0.921. The summed E-state index contributed by atoms with van der Waals surface area (Å²) in [7, 11) is 3.11. The summed E-state index contributed by atoms with van der Waals surface area (Å²) in [4.78, 5) is 23.5. The highest BCUT2D eigenvalue weighted by molar-refractivity contribution is 5.94. The number of nitrogens with zero attached hydrogens (tertiary/aromatic N) is 1. The van der Waals surface area contributed by atoms with E-state index < -0.39 is 6.10 Å². The van der Waals surface area contributed by atoms with Crippen LogP contribution in [0.4, 0.5) is 5.69 Å². The Morgan fingerprint density at radius 1 is 1.20 bits per heavy atom. The summed E-state index contributed by atoms with van der Waals surface area (Å²) in [5.41, 5.74) is 1.20. The number of rotatable bonds is 4. The molecule has 1 heterocycles. The standard InChI is InChI=1S/C15H16N2O3/c1-17-10-12(8-9-13(17)18)16-15(19)14(20-2)11-6-4-3-5-7-11/h3-10,14H,1-2H3,(H,16,19)/t14-/m1/s1. The number of benzene rings is 1. The molecule has 1 aromatic carbocycles. The van der Waals surface area contributed by atoms with Gasteiger partial charge in [0, 0.05) is 26.4 Å². The SMILES string of the molecule is CO[C@@H](C(=O)Nc1ccc(=O)n(C)c1)c1ccccc1. The van der Waals surface area contributed by atoms with Crippen LogP contribution in [0.3, 0.4) is 0 Å². The van der Waals surface area contributed by atoms with E-state index in [0.29, 0.717) is 5.69 Å². The molecule has 1 aromatic heterocycles. The van der Waals surface area contributed by atoms with E-state index in [2.05, 4.69) is 5.32 Å². The number of hydrogen-bond acceptors (Lipinski definition) is 3. The second-order valence-corrected chi connectivity index (χ2v) is 4.38. The van der Waals surface area contributed by atoms with Gasteiger partial charge in [0.2, 0.25) is 5.56 Å². The maximum atomic E-state index is 12.2. The van der Waals surface area contributed by atoms with Gasteiger partial charge in [-0.1, -0.05) is 30.3 Å². The van der Waals surface area contributed by atoms with Crippen LogP contribution in [0.5, 0.6) is 0 Å². The van der Waals surface area contributed by atoms with Crippen LogP contribution in [0, 0.1) is 0 Å². The maximum Gasteiger partial charge on any atom is 0.258 e. The number of pyridine rings is 1. The predicted octanol–water partition coefficient (Wildman–Crippen LogP) is 1.71. The van der Waals surface area contributed by atoms with Gasteiger partial charge in [-0.15, -0.1) is 0 Å². The van der Waals surface area contributed by atoms with E-state index in [0.717, 1.165) is 5.56 Å². The van der Waals surface area contributed by atoms with Crippen LogP contribution >= 0.6 is 0 Å². The van der Waals surface area contributed by atoms with Crippen molar-refractivity contribution in [2.24, 2.45) is 7.05 Å². The Bertz CT molecular complexity index is 650. The van der Waals surface area contributed by atoms with Crippen LogP contribution in [0.2, 0.25) is 0 Å². The van der Waals surface area contributed by atoms with Crippen LogP contribution < -0.4 is 10.9 Å². The van der Waals surface area contributed by atoms with Crippen molar-refractivity contribution in [3.8, 4) is 0 Å². The molecule has 2 rings (SSSR count). The Hall–Kier alpha value is -2.40. The van der Waals surface area contributed by atoms with E-state index in [-0.39, 0.29) is 11.5 Å². The third-order valence-corrected chi connectivity index (χ3v) is 2.93. The smallest absolute Gasteiger partial charge is 0.258 e. The summed E-state index contributed by atoms with van der Waals surface area (Å²) in [6, 6.07) is 12.2. The molecule has 5 heteroatoms. The molecule has 0 saturated heterocycles. The third kappa shape index (κ3) is 3.13. The summed E-state index contributed by atoms with van der Waals surface area (Å²) in [6.45, 7) is 0. The first-order valence-corrected chi connectivity index (χ1v) is 6.17. The average Bonchev–Trinajstić information content (AvgIpc) is 2.45. The van der Waals surface area contributed by atoms with Gasteiger partial charge in [-0.2, -0.15) is 0 Å². The lowest BCUT2D eigenvalue weighted by Gasteiger charge is -2.15. The Kier molecular flexibility index (Phi) is 4.32. The highest BCUT2D eigenvalue weighted by Crippen LogP contribution is 2.18. The zero-order valence-corrected chi connectivity index (χ0v) is 11.4. The molecule has 0 aliphatic carbocycles. The zero-order valence-electron chi connectivity index (χ0n) is 11.4. The highest BCUT2D eigenvalue weighted by atomic mass is 16.5. The van der Waals surface area contributed by atoms with Crippen molar-refractivity contribution in [1.29, 1.82) is 0 Å². The number of hydrogen-bond donors (Lipinski definition) is 1. The van der Waals surface area contributed by atoms with Gasteiger partial charge in [-0.05, 0) is 11.6 Å². The molecule has 0 radical (unpaired) electrons. The molecule has 1 amide bonds. The lowest BCUT2D eigenvalue weighted by Crippen LogP contribution is -2.24. The minimum atomic E-state index is -0.687. The van der Waals surface area contributed by atoms with Crippen molar-refractivity contribution in [3.63, 3.8) is 0 Å². The number of amides is 1. The summed E-state index contributed by atoms with van der Waals surface area (Å²) in [5.74, 6) is -0.280. The Morgan fingerprint density at radius 3 is 2.50 bits per heavy atom. The molecule has 0 aliphatic heterocycles. The van der Waals surface area contributed by atoms with Gasteiger partial charge in [-0.25, -0.2) is 0 Å². The molecule has 0 aliphatic rings. The molecule has 0 bridgehead atoms. The first-order valence-electron chi connectivity index (χ1n) is 6.17. The minimum Gasteiger partial charge on any atom is -0.367 e. The highest BCUT2D eigenvalue weighted by Gasteiger charge is 2.19. The van der Waals surface area contributed by atoms with Gasteiger partial charge < -0.3 is 14.6 Å². The summed E-state index contributed by atoms with van der Waals surface area (Å²) in [6.07, 6.45) is 0.881. The number of ether oxygens (including phenoxy) is 1. The van der Waals surface area contributed by atoms with Crippen molar-refractivity contribution < 1.29 is 9.53 Å². The number of carbonyl (C=O) groups is 1. The zero-order chi connectivity index (χ0) is 14.5. The molecule has 2 aromatic rings. The number of methoxy groups -OCH3 is 1. The molecular formula is C15H16N2O3. The molecular weight excluding hydrogens is 256 g/mol. The van der Waals surface area contributed by atoms with Crippen LogP contribution in [0.25, 0.3) is 0 Å². The van der Waals surface area contributed by atoms with Crippen LogP contribution in [0.15, 0.2) is 53.5 Å². The van der Waals surface area contributed by atoms with Crippen LogP contribution in [-0.2, 0) is 16.6 Å². The van der Waals surface area contributed by atoms with E-state index in [4.69, 9.17) is 4.74 Å². The largest absolute Gasteiger partial charge is 0.367 e. The molecule has 0 spiro atoms. The van der Waals surface area contributed by atoms with Gasteiger partial charge in [0.1, 0.15) is 0 Å². The summed E-state index contributed by atoms with van der Waals surface area (Å²) < 4.78 is 6.65. The van der Waals surface area contributed by atoms with Gasteiger partial charge in [0.15, 0.2) is 6.10 Å². The lowest BCUT2D eigenvalue weighted by atomic mass is 10.1. The second-order valence-electron chi connectivity index (χ2n) is 4.38. The Morgan fingerprint density at radius 2 is 1.90 bits per heavy atom. The molecule has 20 heavy (non-hydrogen) atoms. The molecule has 5 nitrogen and oxygen atoms in total. The van der Waals surface area contributed by atoms with E-state index in [1.165, 1.54) is 17.7 Å². The fourth-order valence-corrected chi connectivity index (χ4v) is 1.90. The minimum absolute atomic E-state index is 0.130. The van der Waals surface area contributed by atoms with Crippen molar-refractivity contribution >= 4 is 11.6 Å². The number of aromatic nitrogens is 1. The number of carbonyl (C=O) groups excluding carboxylic acids is 1. The van der Waals surface area contributed by atoms with Crippen LogP contribution in [-0.4, -0.2) is 17.6 Å². The predicted molar refractivity (Wildman–Crippen MR) is 76.5 cm³/mol. The maximum absolute atomic E-state index is 12.2. The van der Waals surface area contributed by atoms with Gasteiger partial charge in [0.05, 0.1) is 5.69 Å². The third-order valence-electron chi connectivity index (χ3n) is 2.93. The van der Waals surface area contributed by atoms with Crippen molar-refractivity contribution in [2.75, 3.05) is 12.4 Å². The molecule has 0 fully saturated rings. The van der Waals surface area contributed by atoms with Crippen molar-refractivity contribution in [2.45, 2.75) is 6.10 Å². The monoisotopic (exact) mass is 272 g/mol. The number of nitrogens with one attached hydrogen (secondary N) is 1. The van der Waals surface area contributed by atoms with Gasteiger partial charge in [0.25, 0.3) is 5.91 Å². The van der Waals surface area contributed by atoms with E-state index >= 15 is 0 Å². The van der Waals surface area contributed by atoms with Crippen LogP contribution in [0.1, 0.15) is 11.7 Å². The topological polar surface area (TPSA) is 60.3 Å². The Balaban J connectivity index is 2.17. The molecule has 0 unspecified atom stereocenters. The molecule has 0 saturated carbocycles. The lowest BCUT2D eigenvalue weighted by molar-refractivity contribution is -0.126. The second kappa shape index (κ2) is 6.16. The number of anilines is 1. The molecule has 1 N–H and O–H groups in total. The van der Waals surface area contributed by atoms with E-state index in [1.807, 2.05) is 30.3 Å². The molecule has 104 valence electrons. The average molecular weight is 272 g/mol. The van der Waals surface area contributed by atoms with E-state index in [1.54, 1.807) is 19.3 Å². The van der Waals surface area contributed by atoms with Crippen molar-refractivity contribution in [1.82, 2.24) is 4.57 Å². The first kappa shape index (κ1) is 14.0. The fourth-order valence-electron chi connectivity index (χ4n) is 1.90. The summed E-state index contributed by atoms with van der Waals surface area (Å²) in [5, 5.41) is 2.74. The van der Waals surface area contributed by atoms with Crippen molar-refractivity contribution in [3.05, 3.63) is 64.6 Å². The van der Waals surface area contributed by atoms with Gasteiger partial charge in [-0.3, -0.25) is 9.59 Å². The van der Waals surface area contributed by atoms with Gasteiger partial charge >= 0.3 is 0 Å². The number of aryl methyl sites for hydroxylation is 1. The molecule has 1 atom stereocenters. The Labute approximate surface area is 116 Å². The normalized spacial score (nSPS) is 11.9. The fraction of sp³-hybridized carbons (Fsp3) is 0.200.